The maximum absolute atomic E-state index is 12.3. The molecule has 0 aliphatic heterocycles. The van der Waals surface area contributed by atoms with E-state index in [0.29, 0.717) is 17.8 Å². The predicted octanol–water partition coefficient (Wildman–Crippen LogP) is 3.05. The average Bonchev–Trinajstić information content (AvgIpc) is 2.29. The molecular weight excluding hydrogens is 243 g/mol. The Bertz CT molecular complexity index is 366. The van der Waals surface area contributed by atoms with Crippen molar-refractivity contribution in [3.63, 3.8) is 0 Å². The van der Waals surface area contributed by atoms with Crippen molar-refractivity contribution in [3.05, 3.63) is 24.0 Å². The van der Waals surface area contributed by atoms with Gasteiger partial charge in [-0.2, -0.15) is 13.2 Å². The summed E-state index contributed by atoms with van der Waals surface area (Å²) in [5.41, 5.74) is 6.88. The Hall–Kier alpha value is -1.30. The zero-order chi connectivity index (χ0) is 13.6. The van der Waals surface area contributed by atoms with Gasteiger partial charge in [-0.1, -0.05) is 6.92 Å². The van der Waals surface area contributed by atoms with Crippen LogP contribution in [0.4, 0.5) is 18.9 Å². The van der Waals surface area contributed by atoms with Crippen LogP contribution in [0.1, 0.15) is 37.8 Å². The van der Waals surface area contributed by atoms with Crippen LogP contribution in [-0.4, -0.2) is 17.7 Å². The summed E-state index contributed by atoms with van der Waals surface area (Å²) in [6.07, 6.45) is -1.10. The lowest BCUT2D eigenvalue weighted by molar-refractivity contribution is -0.136. The van der Waals surface area contributed by atoms with Crippen molar-refractivity contribution < 1.29 is 13.2 Å². The Morgan fingerprint density at radius 2 is 2.17 bits per heavy atom. The summed E-state index contributed by atoms with van der Waals surface area (Å²) in [7, 11) is 0. The van der Waals surface area contributed by atoms with Crippen molar-refractivity contribution in [1.82, 2.24) is 10.3 Å². The SMILES string of the molecule is CCCNC(CCC(F)(F)F)c1cnccc1N. The van der Waals surface area contributed by atoms with Gasteiger partial charge in [-0.15, -0.1) is 0 Å². The van der Waals surface area contributed by atoms with E-state index in [0.717, 1.165) is 6.42 Å². The van der Waals surface area contributed by atoms with Crippen LogP contribution >= 0.6 is 0 Å². The highest BCUT2D eigenvalue weighted by atomic mass is 19.4. The second-order valence-electron chi connectivity index (χ2n) is 4.17. The molecule has 1 atom stereocenters. The second kappa shape index (κ2) is 6.58. The Morgan fingerprint density at radius 1 is 1.44 bits per heavy atom. The van der Waals surface area contributed by atoms with Crippen molar-refractivity contribution in [3.8, 4) is 0 Å². The summed E-state index contributed by atoms with van der Waals surface area (Å²) < 4.78 is 36.8. The molecule has 1 unspecified atom stereocenters. The minimum absolute atomic E-state index is 0.0284. The number of hydrogen-bond donors (Lipinski definition) is 2. The number of pyridine rings is 1. The largest absolute Gasteiger partial charge is 0.398 e. The number of nitrogen functional groups attached to an aromatic ring is 1. The lowest BCUT2D eigenvalue weighted by Gasteiger charge is -2.20. The minimum atomic E-state index is -4.15. The summed E-state index contributed by atoms with van der Waals surface area (Å²) >= 11 is 0. The number of halogens is 3. The monoisotopic (exact) mass is 261 g/mol. The molecule has 3 nitrogen and oxygen atoms in total. The van der Waals surface area contributed by atoms with Gasteiger partial charge in [0.1, 0.15) is 0 Å². The number of nitrogens with two attached hydrogens (primary N) is 1. The molecule has 0 amide bonds. The number of aromatic nitrogens is 1. The highest BCUT2D eigenvalue weighted by Crippen LogP contribution is 2.29. The van der Waals surface area contributed by atoms with Gasteiger partial charge in [0.2, 0.25) is 0 Å². The third-order valence-electron chi connectivity index (χ3n) is 2.62. The van der Waals surface area contributed by atoms with Gasteiger partial charge in [0, 0.05) is 36.1 Å². The summed E-state index contributed by atoms with van der Waals surface area (Å²) in [6, 6.07) is 1.20. The number of anilines is 1. The lowest BCUT2D eigenvalue weighted by atomic mass is 10.0. The van der Waals surface area contributed by atoms with Gasteiger partial charge in [0.25, 0.3) is 0 Å². The molecule has 3 N–H and O–H groups in total. The molecule has 0 aliphatic rings. The van der Waals surface area contributed by atoms with Gasteiger partial charge in [-0.3, -0.25) is 4.98 Å². The molecule has 0 aromatic carbocycles. The molecular formula is C12H18F3N3. The zero-order valence-corrected chi connectivity index (χ0v) is 10.3. The van der Waals surface area contributed by atoms with Crippen LogP contribution < -0.4 is 11.1 Å². The molecule has 1 aromatic rings. The van der Waals surface area contributed by atoms with Crippen LogP contribution in [0.15, 0.2) is 18.5 Å². The van der Waals surface area contributed by atoms with Crippen molar-refractivity contribution in [2.24, 2.45) is 0 Å². The molecule has 0 saturated heterocycles. The van der Waals surface area contributed by atoms with E-state index in [1.807, 2.05) is 6.92 Å². The molecule has 102 valence electrons. The van der Waals surface area contributed by atoms with Gasteiger partial charge >= 0.3 is 6.18 Å². The fourth-order valence-corrected chi connectivity index (χ4v) is 1.70. The highest BCUT2D eigenvalue weighted by molar-refractivity contribution is 5.46. The predicted molar refractivity (Wildman–Crippen MR) is 65.0 cm³/mol. The Morgan fingerprint density at radius 3 is 2.72 bits per heavy atom. The Labute approximate surface area is 105 Å². The molecule has 1 aromatic heterocycles. The fourth-order valence-electron chi connectivity index (χ4n) is 1.70. The highest BCUT2D eigenvalue weighted by Gasteiger charge is 2.29. The number of rotatable bonds is 6. The molecule has 0 radical (unpaired) electrons. The Balaban J connectivity index is 2.75. The Kier molecular flexibility index (Phi) is 5.40. The van der Waals surface area contributed by atoms with Crippen molar-refractivity contribution in [2.45, 2.75) is 38.4 Å². The third kappa shape index (κ3) is 4.91. The number of nitrogens with one attached hydrogen (secondary N) is 1. The standard InChI is InChI=1S/C12H18F3N3/c1-2-6-18-11(3-5-12(13,14)15)9-8-17-7-4-10(9)16/h4,7-8,11,18H,2-3,5-6H2,1H3,(H2,16,17). The van der Waals surface area contributed by atoms with Crippen molar-refractivity contribution >= 4 is 5.69 Å². The van der Waals surface area contributed by atoms with E-state index in [1.165, 1.54) is 12.4 Å². The third-order valence-corrected chi connectivity index (χ3v) is 2.62. The average molecular weight is 261 g/mol. The minimum Gasteiger partial charge on any atom is -0.398 e. The summed E-state index contributed by atoms with van der Waals surface area (Å²) in [6.45, 7) is 2.61. The summed E-state index contributed by atoms with van der Waals surface area (Å²) in [4.78, 5) is 3.92. The maximum atomic E-state index is 12.3. The van der Waals surface area contributed by atoms with Crippen LogP contribution in [0, 0.1) is 0 Å². The zero-order valence-electron chi connectivity index (χ0n) is 10.3. The van der Waals surface area contributed by atoms with E-state index >= 15 is 0 Å². The van der Waals surface area contributed by atoms with Crippen LogP contribution in [0.2, 0.25) is 0 Å². The smallest absolute Gasteiger partial charge is 0.389 e. The number of nitrogens with zero attached hydrogens (tertiary/aromatic N) is 1. The maximum Gasteiger partial charge on any atom is 0.389 e. The molecule has 0 bridgehead atoms. The van der Waals surface area contributed by atoms with Gasteiger partial charge in [-0.05, 0) is 25.5 Å². The number of alkyl halides is 3. The first-order chi connectivity index (χ1) is 8.44. The van der Waals surface area contributed by atoms with Gasteiger partial charge in [0.05, 0.1) is 0 Å². The molecule has 1 rings (SSSR count). The van der Waals surface area contributed by atoms with E-state index in [2.05, 4.69) is 10.3 Å². The first-order valence-corrected chi connectivity index (χ1v) is 5.93. The molecule has 6 heteroatoms. The summed E-state index contributed by atoms with van der Waals surface area (Å²) in [5, 5.41) is 3.08. The lowest BCUT2D eigenvalue weighted by Crippen LogP contribution is -2.25. The molecule has 0 spiro atoms. The first-order valence-electron chi connectivity index (χ1n) is 5.93. The second-order valence-corrected chi connectivity index (χ2v) is 4.17. The van der Waals surface area contributed by atoms with Gasteiger partial charge in [0.15, 0.2) is 0 Å². The van der Waals surface area contributed by atoms with Crippen molar-refractivity contribution in [2.75, 3.05) is 12.3 Å². The van der Waals surface area contributed by atoms with Crippen molar-refractivity contribution in [1.29, 1.82) is 0 Å². The molecule has 0 fully saturated rings. The van der Waals surface area contributed by atoms with Crippen LogP contribution in [0.5, 0.6) is 0 Å². The van der Waals surface area contributed by atoms with E-state index in [1.54, 1.807) is 6.07 Å². The van der Waals surface area contributed by atoms with E-state index in [4.69, 9.17) is 5.73 Å². The topological polar surface area (TPSA) is 50.9 Å². The molecule has 0 aliphatic carbocycles. The van der Waals surface area contributed by atoms with Gasteiger partial charge < -0.3 is 11.1 Å². The van der Waals surface area contributed by atoms with Crippen LogP contribution in [0.3, 0.4) is 0 Å². The van der Waals surface area contributed by atoms with Crippen LogP contribution in [-0.2, 0) is 0 Å². The van der Waals surface area contributed by atoms with E-state index < -0.39 is 18.6 Å². The number of hydrogen-bond acceptors (Lipinski definition) is 3. The fraction of sp³-hybridized carbons (Fsp3) is 0.583. The van der Waals surface area contributed by atoms with Crippen LogP contribution in [0.25, 0.3) is 0 Å². The molecule has 0 saturated carbocycles. The van der Waals surface area contributed by atoms with E-state index in [9.17, 15) is 13.2 Å². The normalized spacial score (nSPS) is 13.6. The van der Waals surface area contributed by atoms with E-state index in [-0.39, 0.29) is 6.42 Å². The molecule has 18 heavy (non-hydrogen) atoms. The first kappa shape index (κ1) is 14.8. The quantitative estimate of drug-likeness (QED) is 0.827. The molecule has 1 heterocycles. The summed E-state index contributed by atoms with van der Waals surface area (Å²) in [5.74, 6) is 0. The van der Waals surface area contributed by atoms with Gasteiger partial charge in [-0.25, -0.2) is 0 Å².